The predicted octanol–water partition coefficient (Wildman–Crippen LogP) is 3.94. The monoisotopic (exact) mass is 293 g/mol. The zero-order chi connectivity index (χ0) is 12.4. The molecule has 0 amide bonds. The molecule has 0 unspecified atom stereocenters. The third-order valence-electron chi connectivity index (χ3n) is 2.66. The van der Waals surface area contributed by atoms with Crippen molar-refractivity contribution in [3.63, 3.8) is 0 Å². The molecular weight excluding hydrogens is 278 g/mol. The normalized spacial score (nSPS) is 10.9. The third-order valence-corrected chi connectivity index (χ3v) is 3.24. The van der Waals surface area contributed by atoms with Gasteiger partial charge in [0.1, 0.15) is 0 Å². The summed E-state index contributed by atoms with van der Waals surface area (Å²) in [5.41, 5.74) is 3.39. The van der Waals surface area contributed by atoms with Crippen molar-refractivity contribution in [2.45, 2.75) is 19.9 Å². The lowest BCUT2D eigenvalue weighted by Crippen LogP contribution is -2.04. The highest BCUT2D eigenvalue weighted by atomic mass is 79.9. The number of nitrogens with one attached hydrogen (secondary N) is 1. The van der Waals surface area contributed by atoms with Crippen molar-refractivity contribution in [2.75, 3.05) is 12.4 Å². The van der Waals surface area contributed by atoms with Gasteiger partial charge in [-0.3, -0.25) is 4.68 Å². The van der Waals surface area contributed by atoms with E-state index in [1.807, 2.05) is 30.1 Å². The van der Waals surface area contributed by atoms with E-state index >= 15 is 0 Å². The maximum Gasteiger partial charge on any atom is 0.0828 e. The predicted molar refractivity (Wildman–Crippen MR) is 75.3 cm³/mol. The molecule has 1 aromatic carbocycles. The molecule has 0 aliphatic heterocycles. The molecule has 1 aromatic heterocycles. The minimum absolute atomic E-state index is 0.342. The Morgan fingerprint density at radius 3 is 2.76 bits per heavy atom. The van der Waals surface area contributed by atoms with Crippen molar-refractivity contribution < 1.29 is 0 Å². The zero-order valence-corrected chi connectivity index (χ0v) is 11.8. The Morgan fingerprint density at radius 1 is 1.35 bits per heavy atom. The lowest BCUT2D eigenvalue weighted by molar-refractivity contribution is 0.538. The van der Waals surface area contributed by atoms with Gasteiger partial charge >= 0.3 is 0 Å². The lowest BCUT2D eigenvalue weighted by atomic mass is 10.1. The first kappa shape index (κ1) is 12.2. The van der Waals surface area contributed by atoms with Crippen LogP contribution in [0.3, 0.4) is 0 Å². The fourth-order valence-corrected chi connectivity index (χ4v) is 2.33. The Hall–Kier alpha value is -1.29. The molecule has 1 heterocycles. The van der Waals surface area contributed by atoms with Crippen LogP contribution in [0.25, 0.3) is 11.3 Å². The van der Waals surface area contributed by atoms with E-state index in [1.165, 1.54) is 0 Å². The molecule has 0 atom stereocenters. The number of benzene rings is 1. The molecule has 0 saturated carbocycles. The first-order valence-electron chi connectivity index (χ1n) is 5.64. The average Bonchev–Trinajstić information content (AvgIpc) is 2.71. The van der Waals surface area contributed by atoms with Crippen LogP contribution in [0.5, 0.6) is 0 Å². The molecule has 0 aliphatic carbocycles. The van der Waals surface area contributed by atoms with Crippen molar-refractivity contribution in [2.24, 2.45) is 0 Å². The van der Waals surface area contributed by atoms with Gasteiger partial charge in [0.15, 0.2) is 0 Å². The fourth-order valence-electron chi connectivity index (χ4n) is 1.82. The lowest BCUT2D eigenvalue weighted by Gasteiger charge is -2.12. The summed E-state index contributed by atoms with van der Waals surface area (Å²) >= 11 is 3.56. The van der Waals surface area contributed by atoms with Gasteiger partial charge in [0.2, 0.25) is 0 Å². The van der Waals surface area contributed by atoms with E-state index in [2.05, 4.69) is 52.3 Å². The van der Waals surface area contributed by atoms with Gasteiger partial charge in [0.25, 0.3) is 0 Å². The van der Waals surface area contributed by atoms with Crippen molar-refractivity contribution in [3.8, 4) is 11.3 Å². The summed E-state index contributed by atoms with van der Waals surface area (Å²) in [7, 11) is 1.92. The van der Waals surface area contributed by atoms with Crippen LogP contribution in [0.1, 0.15) is 19.9 Å². The van der Waals surface area contributed by atoms with Gasteiger partial charge in [-0.05, 0) is 41.9 Å². The maximum atomic E-state index is 4.40. The molecule has 0 saturated heterocycles. The average molecular weight is 294 g/mol. The summed E-state index contributed by atoms with van der Waals surface area (Å²) in [5, 5.41) is 7.55. The minimum atomic E-state index is 0.342. The SMILES string of the molecule is CNc1cccc(-c2c(Br)cnn2C(C)C)c1. The fraction of sp³-hybridized carbons (Fsp3) is 0.308. The van der Waals surface area contributed by atoms with Gasteiger partial charge in [-0.2, -0.15) is 5.10 Å². The summed E-state index contributed by atoms with van der Waals surface area (Å²) in [6, 6.07) is 8.66. The van der Waals surface area contributed by atoms with Crippen LogP contribution in [0, 0.1) is 0 Å². The van der Waals surface area contributed by atoms with Gasteiger partial charge in [0, 0.05) is 24.3 Å². The Kier molecular flexibility index (Phi) is 3.52. The van der Waals surface area contributed by atoms with Gasteiger partial charge in [-0.1, -0.05) is 12.1 Å². The second-order valence-electron chi connectivity index (χ2n) is 4.21. The molecule has 3 nitrogen and oxygen atoms in total. The molecular formula is C13H16BrN3. The summed E-state index contributed by atoms with van der Waals surface area (Å²) in [5.74, 6) is 0. The number of halogens is 1. The Labute approximate surface area is 110 Å². The number of aromatic nitrogens is 2. The van der Waals surface area contributed by atoms with Gasteiger partial charge in [0.05, 0.1) is 16.4 Å². The standard InChI is InChI=1S/C13H16BrN3/c1-9(2)17-13(12(14)8-16-17)10-5-4-6-11(7-10)15-3/h4-9,15H,1-3H3. The second kappa shape index (κ2) is 4.92. The van der Waals surface area contributed by atoms with E-state index < -0.39 is 0 Å². The highest BCUT2D eigenvalue weighted by molar-refractivity contribution is 9.10. The third kappa shape index (κ3) is 2.36. The quantitative estimate of drug-likeness (QED) is 0.929. The first-order chi connectivity index (χ1) is 8.13. The highest BCUT2D eigenvalue weighted by Crippen LogP contribution is 2.31. The topological polar surface area (TPSA) is 29.9 Å². The molecule has 1 N–H and O–H groups in total. The van der Waals surface area contributed by atoms with E-state index in [0.29, 0.717) is 6.04 Å². The molecule has 2 rings (SSSR count). The summed E-state index contributed by atoms with van der Waals surface area (Å²) in [6.07, 6.45) is 1.85. The van der Waals surface area contributed by atoms with Crippen LogP contribution in [0.15, 0.2) is 34.9 Å². The smallest absolute Gasteiger partial charge is 0.0828 e. The van der Waals surface area contributed by atoms with E-state index in [4.69, 9.17) is 0 Å². The number of hydrogen-bond donors (Lipinski definition) is 1. The van der Waals surface area contributed by atoms with Crippen LogP contribution in [-0.4, -0.2) is 16.8 Å². The molecule has 4 heteroatoms. The molecule has 17 heavy (non-hydrogen) atoms. The van der Waals surface area contributed by atoms with Gasteiger partial charge in [-0.15, -0.1) is 0 Å². The number of anilines is 1. The van der Waals surface area contributed by atoms with Crippen LogP contribution in [0.4, 0.5) is 5.69 Å². The van der Waals surface area contributed by atoms with E-state index in [-0.39, 0.29) is 0 Å². The Bertz CT molecular complexity index is 517. The van der Waals surface area contributed by atoms with E-state index in [9.17, 15) is 0 Å². The van der Waals surface area contributed by atoms with Crippen molar-refractivity contribution in [1.82, 2.24) is 9.78 Å². The number of nitrogens with zero attached hydrogens (tertiary/aromatic N) is 2. The maximum absolute atomic E-state index is 4.40. The molecule has 0 radical (unpaired) electrons. The van der Waals surface area contributed by atoms with Crippen LogP contribution >= 0.6 is 15.9 Å². The Morgan fingerprint density at radius 2 is 2.12 bits per heavy atom. The summed E-state index contributed by atoms with van der Waals surface area (Å²) in [6.45, 7) is 4.26. The minimum Gasteiger partial charge on any atom is -0.388 e. The van der Waals surface area contributed by atoms with Crippen LogP contribution in [0.2, 0.25) is 0 Å². The van der Waals surface area contributed by atoms with Crippen molar-refractivity contribution in [3.05, 3.63) is 34.9 Å². The largest absolute Gasteiger partial charge is 0.388 e. The van der Waals surface area contributed by atoms with Crippen molar-refractivity contribution in [1.29, 1.82) is 0 Å². The van der Waals surface area contributed by atoms with Gasteiger partial charge < -0.3 is 5.32 Å². The molecule has 0 spiro atoms. The van der Waals surface area contributed by atoms with E-state index in [0.717, 1.165) is 21.4 Å². The number of rotatable bonds is 3. The molecule has 90 valence electrons. The highest BCUT2D eigenvalue weighted by Gasteiger charge is 2.13. The van der Waals surface area contributed by atoms with Gasteiger partial charge in [-0.25, -0.2) is 0 Å². The molecule has 0 aliphatic rings. The first-order valence-corrected chi connectivity index (χ1v) is 6.44. The Balaban J connectivity index is 2.55. The van der Waals surface area contributed by atoms with Crippen LogP contribution < -0.4 is 5.32 Å². The summed E-state index contributed by atoms with van der Waals surface area (Å²) < 4.78 is 3.05. The van der Waals surface area contributed by atoms with E-state index in [1.54, 1.807) is 0 Å². The molecule has 0 bridgehead atoms. The second-order valence-corrected chi connectivity index (χ2v) is 5.06. The molecule has 0 fully saturated rings. The summed E-state index contributed by atoms with van der Waals surface area (Å²) in [4.78, 5) is 0. The number of hydrogen-bond acceptors (Lipinski definition) is 2. The van der Waals surface area contributed by atoms with Crippen LogP contribution in [-0.2, 0) is 0 Å². The van der Waals surface area contributed by atoms with Crippen molar-refractivity contribution >= 4 is 21.6 Å². The zero-order valence-electron chi connectivity index (χ0n) is 10.2. The molecule has 2 aromatic rings.